The van der Waals surface area contributed by atoms with Crippen LogP contribution in [0, 0.1) is 10.1 Å². The van der Waals surface area contributed by atoms with Gasteiger partial charge in [-0.15, -0.1) is 0 Å². The molecule has 0 radical (unpaired) electrons. The van der Waals surface area contributed by atoms with Crippen molar-refractivity contribution in [3.05, 3.63) is 57.4 Å². The molecule has 1 aliphatic heterocycles. The van der Waals surface area contributed by atoms with Crippen LogP contribution in [0.15, 0.2) is 36.7 Å². The summed E-state index contributed by atoms with van der Waals surface area (Å²) in [6, 6.07) is 5.17. The minimum atomic E-state index is -0.890. The third kappa shape index (κ3) is 4.52. The Morgan fingerprint density at radius 2 is 1.86 bits per heavy atom. The van der Waals surface area contributed by atoms with Crippen LogP contribution >= 0.6 is 11.6 Å². The van der Waals surface area contributed by atoms with Crippen LogP contribution in [0.25, 0.3) is 0 Å². The lowest BCUT2D eigenvalue weighted by molar-refractivity contribution is -0.384. The van der Waals surface area contributed by atoms with Crippen molar-refractivity contribution in [3.63, 3.8) is 0 Å². The summed E-state index contributed by atoms with van der Waals surface area (Å²) in [5.41, 5.74) is -0.448. The lowest BCUT2D eigenvalue weighted by Gasteiger charge is -2.34. The molecule has 0 spiro atoms. The third-order valence-corrected chi connectivity index (χ3v) is 4.50. The van der Waals surface area contributed by atoms with Crippen LogP contribution in [0.1, 0.15) is 10.4 Å². The number of halogens is 1. The second kappa shape index (κ2) is 8.61. The summed E-state index contributed by atoms with van der Waals surface area (Å²) in [5.74, 6) is -0.650. The van der Waals surface area contributed by atoms with E-state index in [-0.39, 0.29) is 22.2 Å². The van der Waals surface area contributed by atoms with Crippen LogP contribution in [0.3, 0.4) is 0 Å². The molecule has 0 unspecified atom stereocenters. The van der Waals surface area contributed by atoms with E-state index >= 15 is 0 Å². The summed E-state index contributed by atoms with van der Waals surface area (Å²) < 4.78 is 4.99. The summed E-state index contributed by atoms with van der Waals surface area (Å²) in [4.78, 5) is 46.5. The monoisotopic (exact) mass is 405 g/mol. The van der Waals surface area contributed by atoms with Gasteiger partial charge in [0.15, 0.2) is 6.61 Å². The Kier molecular flexibility index (Phi) is 5.99. The smallest absolute Gasteiger partial charge is 0.340 e. The molecule has 2 heterocycles. The normalized spacial score (nSPS) is 13.9. The SMILES string of the molecule is O=C(OCC(=O)N1CCN(c2ncccn2)CC1)c1cc([N+](=O)[O-])ccc1Cl. The molecule has 1 aromatic carbocycles. The molecule has 0 saturated carbocycles. The fraction of sp³-hybridized carbons (Fsp3) is 0.294. The number of benzene rings is 1. The number of aromatic nitrogens is 2. The number of nitro groups is 1. The van der Waals surface area contributed by atoms with Crippen molar-refractivity contribution < 1.29 is 19.2 Å². The van der Waals surface area contributed by atoms with E-state index in [9.17, 15) is 19.7 Å². The number of piperazine rings is 1. The van der Waals surface area contributed by atoms with Gasteiger partial charge in [-0.1, -0.05) is 11.6 Å². The highest BCUT2D eigenvalue weighted by Gasteiger charge is 2.24. The zero-order chi connectivity index (χ0) is 20.1. The molecule has 28 heavy (non-hydrogen) atoms. The minimum Gasteiger partial charge on any atom is -0.452 e. The van der Waals surface area contributed by atoms with Crippen molar-refractivity contribution in [2.75, 3.05) is 37.7 Å². The molecule has 1 fully saturated rings. The van der Waals surface area contributed by atoms with Crippen molar-refractivity contribution in [2.45, 2.75) is 0 Å². The zero-order valence-electron chi connectivity index (χ0n) is 14.7. The molecule has 0 bridgehead atoms. The molecule has 146 valence electrons. The minimum absolute atomic E-state index is 0.0134. The Balaban J connectivity index is 1.53. The summed E-state index contributed by atoms with van der Waals surface area (Å²) in [6.07, 6.45) is 3.30. The second-order valence-corrected chi connectivity index (χ2v) is 6.32. The number of nitro benzene ring substituents is 1. The Labute approximate surface area is 164 Å². The summed E-state index contributed by atoms with van der Waals surface area (Å²) in [5, 5.41) is 10.8. The van der Waals surface area contributed by atoms with Gasteiger partial charge in [0.05, 0.1) is 15.5 Å². The van der Waals surface area contributed by atoms with Crippen molar-refractivity contribution >= 4 is 35.1 Å². The molecule has 2 aromatic rings. The Morgan fingerprint density at radius 1 is 1.18 bits per heavy atom. The Morgan fingerprint density at radius 3 is 2.50 bits per heavy atom. The van der Waals surface area contributed by atoms with E-state index < -0.39 is 17.5 Å². The highest BCUT2D eigenvalue weighted by molar-refractivity contribution is 6.33. The van der Waals surface area contributed by atoms with E-state index in [4.69, 9.17) is 16.3 Å². The van der Waals surface area contributed by atoms with E-state index in [0.29, 0.717) is 32.1 Å². The second-order valence-electron chi connectivity index (χ2n) is 5.91. The van der Waals surface area contributed by atoms with Crippen molar-refractivity contribution in [1.29, 1.82) is 0 Å². The van der Waals surface area contributed by atoms with Crippen LogP contribution in [0.2, 0.25) is 5.02 Å². The predicted octanol–water partition coefficient (Wildman–Crippen LogP) is 1.54. The number of non-ortho nitro benzene ring substituents is 1. The lowest BCUT2D eigenvalue weighted by Crippen LogP contribution is -2.50. The van der Waals surface area contributed by atoms with Gasteiger partial charge >= 0.3 is 5.97 Å². The lowest BCUT2D eigenvalue weighted by atomic mass is 10.2. The van der Waals surface area contributed by atoms with Crippen LogP contribution in [0.4, 0.5) is 11.6 Å². The molecule has 1 aliphatic rings. The Bertz CT molecular complexity index is 887. The van der Waals surface area contributed by atoms with Gasteiger partial charge in [0.2, 0.25) is 5.95 Å². The fourth-order valence-electron chi connectivity index (χ4n) is 2.69. The molecule has 0 aliphatic carbocycles. The summed E-state index contributed by atoms with van der Waals surface area (Å²) in [6.45, 7) is 1.51. The third-order valence-electron chi connectivity index (χ3n) is 4.17. The molecule has 0 N–H and O–H groups in total. The zero-order valence-corrected chi connectivity index (χ0v) is 15.4. The number of carbonyl (C=O) groups is 2. The molecule has 0 atom stereocenters. The van der Waals surface area contributed by atoms with Gasteiger partial charge in [-0.25, -0.2) is 14.8 Å². The number of ether oxygens (including phenoxy) is 1. The van der Waals surface area contributed by atoms with Gasteiger partial charge < -0.3 is 14.5 Å². The van der Waals surface area contributed by atoms with E-state index in [1.54, 1.807) is 23.4 Å². The van der Waals surface area contributed by atoms with E-state index in [1.807, 2.05) is 4.90 Å². The topological polar surface area (TPSA) is 119 Å². The number of hydrogen-bond donors (Lipinski definition) is 0. The maximum atomic E-state index is 12.3. The van der Waals surface area contributed by atoms with Crippen molar-refractivity contribution in [3.8, 4) is 0 Å². The summed E-state index contributed by atoms with van der Waals surface area (Å²) in [7, 11) is 0. The van der Waals surface area contributed by atoms with Gasteiger partial charge in [-0.3, -0.25) is 14.9 Å². The number of rotatable bonds is 5. The number of hydrogen-bond acceptors (Lipinski definition) is 8. The maximum Gasteiger partial charge on any atom is 0.340 e. The summed E-state index contributed by atoms with van der Waals surface area (Å²) >= 11 is 5.90. The molecular weight excluding hydrogens is 390 g/mol. The van der Waals surface area contributed by atoms with Gasteiger partial charge in [-0.2, -0.15) is 0 Å². The average Bonchev–Trinajstić information content (AvgIpc) is 2.72. The number of carbonyl (C=O) groups excluding carboxylic acids is 2. The molecule has 1 saturated heterocycles. The molecule has 1 aromatic heterocycles. The van der Waals surface area contributed by atoms with Gasteiger partial charge in [0, 0.05) is 50.7 Å². The first-order valence-corrected chi connectivity index (χ1v) is 8.74. The molecule has 10 nitrogen and oxygen atoms in total. The van der Waals surface area contributed by atoms with Crippen LogP contribution in [0.5, 0.6) is 0 Å². The fourth-order valence-corrected chi connectivity index (χ4v) is 2.88. The first-order valence-electron chi connectivity index (χ1n) is 8.36. The largest absolute Gasteiger partial charge is 0.452 e. The van der Waals surface area contributed by atoms with Gasteiger partial charge in [0.1, 0.15) is 0 Å². The highest BCUT2D eigenvalue weighted by atomic mass is 35.5. The molecule has 11 heteroatoms. The average molecular weight is 406 g/mol. The number of esters is 1. The van der Waals surface area contributed by atoms with E-state index in [0.717, 1.165) is 6.07 Å². The maximum absolute atomic E-state index is 12.3. The predicted molar refractivity (Wildman–Crippen MR) is 99.2 cm³/mol. The number of anilines is 1. The quantitative estimate of drug-likeness (QED) is 0.417. The van der Waals surface area contributed by atoms with Crippen molar-refractivity contribution in [2.24, 2.45) is 0 Å². The highest BCUT2D eigenvalue weighted by Crippen LogP contribution is 2.22. The molecular formula is C17H16ClN5O5. The standard InChI is InChI=1S/C17H16ClN5O5/c18-14-3-2-12(23(26)27)10-13(14)16(25)28-11-15(24)21-6-8-22(9-7-21)17-19-4-1-5-20-17/h1-5,10H,6-9,11H2. The van der Waals surface area contributed by atoms with E-state index in [1.165, 1.54) is 12.1 Å². The van der Waals surface area contributed by atoms with Crippen LogP contribution in [-0.4, -0.2) is 64.5 Å². The first-order chi connectivity index (χ1) is 13.5. The molecule has 1 amide bonds. The van der Waals surface area contributed by atoms with Crippen LogP contribution in [-0.2, 0) is 9.53 Å². The number of nitrogens with zero attached hydrogens (tertiary/aromatic N) is 5. The van der Waals surface area contributed by atoms with Crippen LogP contribution < -0.4 is 4.90 Å². The number of amides is 1. The Hall–Kier alpha value is -3.27. The van der Waals surface area contributed by atoms with E-state index in [2.05, 4.69) is 9.97 Å². The van der Waals surface area contributed by atoms with Crippen molar-refractivity contribution in [1.82, 2.24) is 14.9 Å². The first kappa shape index (κ1) is 19.5. The molecule has 3 rings (SSSR count). The van der Waals surface area contributed by atoms with Gasteiger partial charge in [0.25, 0.3) is 11.6 Å². The van der Waals surface area contributed by atoms with Gasteiger partial charge in [-0.05, 0) is 12.1 Å².